The molecule has 1 aromatic carbocycles. The molecule has 1 unspecified atom stereocenters. The van der Waals surface area contributed by atoms with E-state index in [2.05, 4.69) is 0 Å². The average molecular weight is 314 g/mol. The van der Waals surface area contributed by atoms with E-state index in [1.165, 1.54) is 18.2 Å². The number of sulfonamides is 1. The SMILES string of the molecule is N#Cc1cc(S(=O)(=O)N2CCCC2C(N)=O)ccc1Cl. The van der Waals surface area contributed by atoms with Gasteiger partial charge in [-0.3, -0.25) is 4.79 Å². The smallest absolute Gasteiger partial charge is 0.243 e. The van der Waals surface area contributed by atoms with Crippen LogP contribution in [0.2, 0.25) is 5.02 Å². The molecular weight excluding hydrogens is 302 g/mol. The number of carbonyl (C=O) groups is 1. The van der Waals surface area contributed by atoms with Gasteiger partial charge in [-0.1, -0.05) is 11.6 Å². The molecule has 2 N–H and O–H groups in total. The normalized spacial score (nSPS) is 19.7. The van der Waals surface area contributed by atoms with Crippen LogP contribution in [0.1, 0.15) is 18.4 Å². The standard InChI is InChI=1S/C12H12ClN3O3S/c13-10-4-3-9(6-8(10)7-14)20(18,19)16-5-1-2-11(16)12(15)17/h3-4,6,11H,1-2,5H2,(H2,15,17). The van der Waals surface area contributed by atoms with Gasteiger partial charge in [-0.2, -0.15) is 9.57 Å². The first kappa shape index (κ1) is 14.8. The summed E-state index contributed by atoms with van der Waals surface area (Å²) >= 11 is 5.78. The number of hydrogen-bond acceptors (Lipinski definition) is 4. The van der Waals surface area contributed by atoms with Gasteiger partial charge in [0.05, 0.1) is 15.5 Å². The van der Waals surface area contributed by atoms with Crippen LogP contribution in [0.25, 0.3) is 0 Å². The van der Waals surface area contributed by atoms with E-state index in [-0.39, 0.29) is 22.0 Å². The van der Waals surface area contributed by atoms with Gasteiger partial charge in [0.2, 0.25) is 15.9 Å². The van der Waals surface area contributed by atoms with Gasteiger partial charge in [0, 0.05) is 6.54 Å². The fourth-order valence-corrected chi connectivity index (χ4v) is 4.05. The van der Waals surface area contributed by atoms with Gasteiger partial charge in [-0.15, -0.1) is 0 Å². The highest BCUT2D eigenvalue weighted by Gasteiger charge is 2.38. The molecule has 8 heteroatoms. The zero-order chi connectivity index (χ0) is 14.9. The Morgan fingerprint density at radius 2 is 2.20 bits per heavy atom. The summed E-state index contributed by atoms with van der Waals surface area (Å²) in [5, 5.41) is 9.08. The van der Waals surface area contributed by atoms with Gasteiger partial charge < -0.3 is 5.73 Å². The van der Waals surface area contributed by atoms with E-state index in [4.69, 9.17) is 22.6 Å². The summed E-state index contributed by atoms with van der Waals surface area (Å²) in [5.74, 6) is -0.666. The maximum Gasteiger partial charge on any atom is 0.243 e. The first-order chi connectivity index (χ1) is 9.37. The first-order valence-corrected chi connectivity index (χ1v) is 7.70. The maximum absolute atomic E-state index is 12.5. The lowest BCUT2D eigenvalue weighted by atomic mass is 10.2. The van der Waals surface area contributed by atoms with Crippen LogP contribution in [-0.4, -0.2) is 31.2 Å². The van der Waals surface area contributed by atoms with Crippen LogP contribution in [0.5, 0.6) is 0 Å². The highest BCUT2D eigenvalue weighted by atomic mass is 35.5. The molecule has 1 atom stereocenters. The Morgan fingerprint density at radius 3 is 2.80 bits per heavy atom. The molecule has 0 aliphatic carbocycles. The van der Waals surface area contributed by atoms with Crippen molar-refractivity contribution >= 4 is 27.5 Å². The van der Waals surface area contributed by atoms with E-state index in [9.17, 15) is 13.2 Å². The Kier molecular flexibility index (Phi) is 3.99. The van der Waals surface area contributed by atoms with Crippen LogP contribution in [0.3, 0.4) is 0 Å². The molecule has 0 aromatic heterocycles. The molecule has 1 aromatic rings. The van der Waals surface area contributed by atoms with E-state index in [0.29, 0.717) is 12.8 Å². The lowest BCUT2D eigenvalue weighted by Crippen LogP contribution is -2.43. The fraction of sp³-hybridized carbons (Fsp3) is 0.333. The molecule has 1 aliphatic rings. The number of benzene rings is 1. The number of carbonyl (C=O) groups excluding carboxylic acids is 1. The van der Waals surface area contributed by atoms with Crippen LogP contribution in [0, 0.1) is 11.3 Å². The molecule has 0 saturated carbocycles. The summed E-state index contributed by atoms with van der Waals surface area (Å²) in [6, 6.07) is 4.86. The molecule has 0 bridgehead atoms. The Hall–Kier alpha value is -1.62. The second kappa shape index (κ2) is 5.40. The minimum Gasteiger partial charge on any atom is -0.368 e. The van der Waals surface area contributed by atoms with E-state index in [1.54, 1.807) is 0 Å². The zero-order valence-corrected chi connectivity index (χ0v) is 12.0. The number of nitrogens with zero attached hydrogens (tertiary/aromatic N) is 2. The van der Waals surface area contributed by atoms with Crippen molar-refractivity contribution in [1.29, 1.82) is 5.26 Å². The summed E-state index contributed by atoms with van der Waals surface area (Å²) in [4.78, 5) is 11.2. The summed E-state index contributed by atoms with van der Waals surface area (Å²) in [5.41, 5.74) is 5.30. The van der Waals surface area contributed by atoms with Crippen molar-refractivity contribution in [3.8, 4) is 6.07 Å². The van der Waals surface area contributed by atoms with Crippen LogP contribution in [0.4, 0.5) is 0 Å². The Morgan fingerprint density at radius 1 is 1.50 bits per heavy atom. The number of amides is 1. The molecule has 20 heavy (non-hydrogen) atoms. The molecule has 1 aliphatic heterocycles. The quantitative estimate of drug-likeness (QED) is 0.893. The third kappa shape index (κ3) is 2.50. The van der Waals surface area contributed by atoms with Crippen LogP contribution >= 0.6 is 11.6 Å². The van der Waals surface area contributed by atoms with E-state index in [0.717, 1.165) is 4.31 Å². The molecule has 0 radical (unpaired) electrons. The minimum absolute atomic E-state index is 0.0633. The number of hydrogen-bond donors (Lipinski definition) is 1. The van der Waals surface area contributed by atoms with E-state index < -0.39 is 22.0 Å². The number of nitriles is 1. The predicted octanol–water partition coefficient (Wildman–Crippen LogP) is 0.850. The van der Waals surface area contributed by atoms with Gasteiger partial charge in [-0.25, -0.2) is 8.42 Å². The Bertz CT molecular complexity index is 696. The van der Waals surface area contributed by atoms with Gasteiger partial charge in [0.15, 0.2) is 0 Å². The number of nitrogens with two attached hydrogens (primary N) is 1. The zero-order valence-electron chi connectivity index (χ0n) is 10.4. The monoisotopic (exact) mass is 313 g/mol. The second-order valence-corrected chi connectivity index (χ2v) is 6.73. The van der Waals surface area contributed by atoms with Crippen LogP contribution < -0.4 is 5.73 Å². The Balaban J connectivity index is 2.46. The van der Waals surface area contributed by atoms with Crippen molar-refractivity contribution in [3.63, 3.8) is 0 Å². The van der Waals surface area contributed by atoms with Crippen LogP contribution in [0.15, 0.2) is 23.1 Å². The second-order valence-electron chi connectivity index (χ2n) is 4.43. The highest BCUT2D eigenvalue weighted by Crippen LogP contribution is 2.28. The molecule has 1 saturated heterocycles. The summed E-state index contributed by atoms with van der Waals surface area (Å²) < 4.78 is 26.1. The van der Waals surface area contributed by atoms with Crippen molar-refractivity contribution < 1.29 is 13.2 Å². The number of rotatable bonds is 3. The number of halogens is 1. The first-order valence-electron chi connectivity index (χ1n) is 5.88. The number of primary amides is 1. The van der Waals surface area contributed by atoms with Gasteiger partial charge >= 0.3 is 0 Å². The van der Waals surface area contributed by atoms with Gasteiger partial charge in [0.1, 0.15) is 12.1 Å². The van der Waals surface area contributed by atoms with Crippen LogP contribution in [-0.2, 0) is 14.8 Å². The fourth-order valence-electron chi connectivity index (χ4n) is 2.20. The topological polar surface area (TPSA) is 104 Å². The molecule has 6 nitrogen and oxygen atoms in total. The largest absolute Gasteiger partial charge is 0.368 e. The van der Waals surface area contributed by atoms with Crippen molar-refractivity contribution in [3.05, 3.63) is 28.8 Å². The predicted molar refractivity (Wildman–Crippen MR) is 72.3 cm³/mol. The Labute approximate surface area is 121 Å². The van der Waals surface area contributed by atoms with Crippen molar-refractivity contribution in [2.24, 2.45) is 5.73 Å². The maximum atomic E-state index is 12.5. The summed E-state index contributed by atoms with van der Waals surface area (Å²) in [6.07, 6.45) is 0.985. The third-order valence-electron chi connectivity index (χ3n) is 3.20. The molecule has 2 rings (SSSR count). The molecule has 1 fully saturated rings. The highest BCUT2D eigenvalue weighted by molar-refractivity contribution is 7.89. The van der Waals surface area contributed by atoms with E-state index >= 15 is 0 Å². The van der Waals surface area contributed by atoms with Crippen molar-refractivity contribution in [2.45, 2.75) is 23.8 Å². The lowest BCUT2D eigenvalue weighted by Gasteiger charge is -2.21. The summed E-state index contributed by atoms with van der Waals surface area (Å²) in [7, 11) is -3.86. The summed E-state index contributed by atoms with van der Waals surface area (Å²) in [6.45, 7) is 0.237. The lowest BCUT2D eigenvalue weighted by molar-refractivity contribution is -0.121. The third-order valence-corrected chi connectivity index (χ3v) is 5.43. The molecule has 0 spiro atoms. The van der Waals surface area contributed by atoms with Gasteiger partial charge in [0.25, 0.3) is 0 Å². The average Bonchev–Trinajstić information content (AvgIpc) is 2.89. The minimum atomic E-state index is -3.86. The molecule has 1 amide bonds. The molecule has 1 heterocycles. The van der Waals surface area contributed by atoms with Crippen molar-refractivity contribution in [2.75, 3.05) is 6.54 Å². The van der Waals surface area contributed by atoms with E-state index in [1.807, 2.05) is 6.07 Å². The molecular formula is C12H12ClN3O3S. The van der Waals surface area contributed by atoms with Crippen molar-refractivity contribution in [1.82, 2.24) is 4.31 Å². The van der Waals surface area contributed by atoms with Gasteiger partial charge in [-0.05, 0) is 31.0 Å². The molecule has 106 valence electrons.